The van der Waals surface area contributed by atoms with Gasteiger partial charge in [0.1, 0.15) is 5.82 Å². The molecule has 3 N–H and O–H groups in total. The summed E-state index contributed by atoms with van der Waals surface area (Å²) in [6.45, 7) is 4.62. The molecular formula is C13H21N5O. The first-order valence-corrected chi connectivity index (χ1v) is 6.58. The Labute approximate surface area is 113 Å². The lowest BCUT2D eigenvalue weighted by molar-refractivity contribution is -0.120. The smallest absolute Gasteiger partial charge is 0.221 e. The topological polar surface area (TPSA) is 74.5 Å². The highest BCUT2D eigenvalue weighted by Gasteiger charge is 2.18. The number of hydrogen-bond donors (Lipinski definition) is 2. The largest absolute Gasteiger partial charge is 0.397 e. The second kappa shape index (κ2) is 6.38. The first-order chi connectivity index (χ1) is 9.19. The van der Waals surface area contributed by atoms with Gasteiger partial charge in [-0.3, -0.25) is 9.69 Å². The normalized spacial score (nSPS) is 16.4. The van der Waals surface area contributed by atoms with Crippen LogP contribution < -0.4 is 16.0 Å². The number of nitrogens with zero attached hydrogens (tertiary/aromatic N) is 3. The van der Waals surface area contributed by atoms with Gasteiger partial charge >= 0.3 is 0 Å². The van der Waals surface area contributed by atoms with Crippen LogP contribution in [0.3, 0.4) is 0 Å². The standard InChI is InChI=1S/C13H21N5O/c1-15-13(19)4-5-17-6-8-18(9-7-17)12-3-2-11(14)10-16-12/h2-3,10H,4-9,14H2,1H3,(H,15,19). The summed E-state index contributed by atoms with van der Waals surface area (Å²) in [5, 5.41) is 2.65. The van der Waals surface area contributed by atoms with Gasteiger partial charge in [0.25, 0.3) is 0 Å². The molecule has 0 unspecified atom stereocenters. The van der Waals surface area contributed by atoms with Crippen molar-refractivity contribution in [2.45, 2.75) is 6.42 Å². The molecule has 1 aromatic heterocycles. The van der Waals surface area contributed by atoms with Crippen molar-refractivity contribution < 1.29 is 4.79 Å². The zero-order valence-electron chi connectivity index (χ0n) is 11.3. The third-order valence-corrected chi connectivity index (χ3v) is 3.40. The van der Waals surface area contributed by atoms with E-state index in [2.05, 4.69) is 20.1 Å². The van der Waals surface area contributed by atoms with E-state index >= 15 is 0 Å². The molecule has 0 radical (unpaired) electrons. The van der Waals surface area contributed by atoms with Gasteiger partial charge in [0.05, 0.1) is 11.9 Å². The zero-order chi connectivity index (χ0) is 13.7. The summed E-state index contributed by atoms with van der Waals surface area (Å²) >= 11 is 0. The van der Waals surface area contributed by atoms with Crippen LogP contribution in [0.25, 0.3) is 0 Å². The fourth-order valence-corrected chi connectivity index (χ4v) is 2.17. The first kappa shape index (κ1) is 13.6. The van der Waals surface area contributed by atoms with Crippen molar-refractivity contribution in [1.82, 2.24) is 15.2 Å². The van der Waals surface area contributed by atoms with Gasteiger partial charge in [0.15, 0.2) is 0 Å². The summed E-state index contributed by atoms with van der Waals surface area (Å²) in [4.78, 5) is 20.1. The minimum absolute atomic E-state index is 0.0997. The molecule has 1 fully saturated rings. The molecule has 0 spiro atoms. The molecule has 2 heterocycles. The Bertz CT molecular complexity index is 412. The number of hydrogen-bond acceptors (Lipinski definition) is 5. The van der Waals surface area contributed by atoms with Crippen molar-refractivity contribution in [1.29, 1.82) is 0 Å². The Morgan fingerprint density at radius 3 is 2.68 bits per heavy atom. The molecule has 0 bridgehead atoms. The quantitative estimate of drug-likeness (QED) is 0.795. The first-order valence-electron chi connectivity index (χ1n) is 6.58. The highest BCUT2D eigenvalue weighted by Crippen LogP contribution is 2.14. The lowest BCUT2D eigenvalue weighted by atomic mass is 10.2. The van der Waals surface area contributed by atoms with Gasteiger partial charge in [0.2, 0.25) is 5.91 Å². The van der Waals surface area contributed by atoms with Crippen molar-refractivity contribution in [3.8, 4) is 0 Å². The van der Waals surface area contributed by atoms with Crippen LogP contribution in [-0.4, -0.2) is 55.6 Å². The molecular weight excluding hydrogens is 242 g/mol. The van der Waals surface area contributed by atoms with E-state index in [9.17, 15) is 4.79 Å². The fraction of sp³-hybridized carbons (Fsp3) is 0.538. The number of rotatable bonds is 4. The van der Waals surface area contributed by atoms with Gasteiger partial charge < -0.3 is 16.0 Å². The van der Waals surface area contributed by atoms with Crippen molar-refractivity contribution in [2.24, 2.45) is 0 Å². The van der Waals surface area contributed by atoms with Crippen LogP contribution >= 0.6 is 0 Å². The van der Waals surface area contributed by atoms with E-state index in [1.807, 2.05) is 12.1 Å². The molecule has 1 aromatic rings. The highest BCUT2D eigenvalue weighted by atomic mass is 16.1. The Kier molecular flexibility index (Phi) is 4.57. The predicted molar refractivity (Wildman–Crippen MR) is 76.0 cm³/mol. The molecule has 1 amide bonds. The Morgan fingerprint density at radius 1 is 1.37 bits per heavy atom. The number of pyridine rings is 1. The van der Waals surface area contributed by atoms with Gasteiger partial charge in [0, 0.05) is 46.2 Å². The Hall–Kier alpha value is -1.82. The van der Waals surface area contributed by atoms with Crippen LogP contribution in [0, 0.1) is 0 Å². The van der Waals surface area contributed by atoms with Crippen LogP contribution in [0.1, 0.15) is 6.42 Å². The van der Waals surface area contributed by atoms with Crippen LogP contribution in [0.4, 0.5) is 11.5 Å². The maximum absolute atomic E-state index is 11.2. The van der Waals surface area contributed by atoms with Crippen molar-refractivity contribution >= 4 is 17.4 Å². The molecule has 0 aromatic carbocycles. The van der Waals surface area contributed by atoms with Crippen molar-refractivity contribution in [3.05, 3.63) is 18.3 Å². The average molecular weight is 263 g/mol. The fourth-order valence-electron chi connectivity index (χ4n) is 2.17. The molecule has 6 heteroatoms. The molecule has 1 aliphatic heterocycles. The molecule has 0 aliphatic carbocycles. The number of anilines is 2. The summed E-state index contributed by atoms with van der Waals surface area (Å²) in [5.74, 6) is 1.07. The third kappa shape index (κ3) is 3.82. The number of piperazine rings is 1. The van der Waals surface area contributed by atoms with Gasteiger partial charge in [-0.1, -0.05) is 0 Å². The monoisotopic (exact) mass is 263 g/mol. The highest BCUT2D eigenvalue weighted by molar-refractivity contribution is 5.75. The predicted octanol–water partition coefficient (Wildman–Crippen LogP) is -0.0781. The molecule has 0 atom stereocenters. The number of carbonyl (C=O) groups is 1. The van der Waals surface area contributed by atoms with Crippen molar-refractivity contribution in [2.75, 3.05) is 50.4 Å². The number of nitrogens with two attached hydrogens (primary N) is 1. The molecule has 1 aliphatic rings. The number of nitrogen functional groups attached to an aromatic ring is 1. The van der Waals surface area contributed by atoms with E-state index in [4.69, 9.17) is 5.73 Å². The van der Waals surface area contributed by atoms with Crippen molar-refractivity contribution in [3.63, 3.8) is 0 Å². The van der Waals surface area contributed by atoms with Gasteiger partial charge in [-0.15, -0.1) is 0 Å². The Balaban J connectivity index is 1.79. The van der Waals surface area contributed by atoms with E-state index in [0.29, 0.717) is 12.1 Å². The SMILES string of the molecule is CNC(=O)CCN1CCN(c2ccc(N)cn2)CC1. The molecule has 1 saturated heterocycles. The number of aromatic nitrogens is 1. The average Bonchev–Trinajstić information content (AvgIpc) is 2.46. The van der Waals surface area contributed by atoms with Gasteiger partial charge in [-0.05, 0) is 12.1 Å². The summed E-state index contributed by atoms with van der Waals surface area (Å²) in [7, 11) is 1.67. The summed E-state index contributed by atoms with van der Waals surface area (Å²) < 4.78 is 0. The number of nitrogens with one attached hydrogen (secondary N) is 1. The lowest BCUT2D eigenvalue weighted by Gasteiger charge is -2.35. The van der Waals surface area contributed by atoms with E-state index < -0.39 is 0 Å². The Morgan fingerprint density at radius 2 is 2.11 bits per heavy atom. The van der Waals surface area contributed by atoms with Crippen LogP contribution in [0.15, 0.2) is 18.3 Å². The van der Waals surface area contributed by atoms with E-state index in [1.54, 1.807) is 13.2 Å². The second-order valence-corrected chi connectivity index (χ2v) is 4.70. The second-order valence-electron chi connectivity index (χ2n) is 4.70. The number of carbonyl (C=O) groups excluding carboxylic acids is 1. The minimum Gasteiger partial charge on any atom is -0.397 e. The van der Waals surface area contributed by atoms with E-state index in [-0.39, 0.29) is 5.91 Å². The molecule has 0 saturated carbocycles. The summed E-state index contributed by atoms with van der Waals surface area (Å²) in [6, 6.07) is 3.83. The zero-order valence-corrected chi connectivity index (χ0v) is 11.3. The summed E-state index contributed by atoms with van der Waals surface area (Å²) in [5.41, 5.74) is 6.32. The maximum Gasteiger partial charge on any atom is 0.221 e. The molecule has 19 heavy (non-hydrogen) atoms. The van der Waals surface area contributed by atoms with Crippen LogP contribution in [0.2, 0.25) is 0 Å². The third-order valence-electron chi connectivity index (χ3n) is 3.40. The lowest BCUT2D eigenvalue weighted by Crippen LogP contribution is -2.47. The van der Waals surface area contributed by atoms with Gasteiger partial charge in [-0.2, -0.15) is 0 Å². The maximum atomic E-state index is 11.2. The number of amides is 1. The minimum atomic E-state index is 0.0997. The van der Waals surface area contributed by atoms with Crippen LogP contribution in [0.5, 0.6) is 0 Å². The van der Waals surface area contributed by atoms with E-state index in [0.717, 1.165) is 38.5 Å². The molecule has 2 rings (SSSR count). The van der Waals surface area contributed by atoms with Crippen LogP contribution in [-0.2, 0) is 4.79 Å². The van der Waals surface area contributed by atoms with Gasteiger partial charge in [-0.25, -0.2) is 4.98 Å². The molecule has 104 valence electrons. The summed E-state index contributed by atoms with van der Waals surface area (Å²) in [6.07, 6.45) is 2.25. The van der Waals surface area contributed by atoms with E-state index in [1.165, 1.54) is 0 Å². The molecule has 6 nitrogen and oxygen atoms in total.